The first-order valence-corrected chi connectivity index (χ1v) is 17.4. The first kappa shape index (κ1) is 37.1. The third kappa shape index (κ3) is 10.9. The molecule has 1 fully saturated rings. The molecule has 0 unspecified atom stereocenters. The number of anilines is 3. The average molecular weight is 697 g/mol. The molecule has 51 heavy (non-hydrogen) atoms. The molecule has 3 N–H and O–H groups in total. The SMILES string of the molecule is COCCNC(=O)Cc1ccc(Oc2nc(Nc3cccc(OCCCN4CCCCC4)c3)ncc2C(=O)Nc2c(C)cccc2C)c(OC)c1. The standard InChI is InChI=1S/C39H48N6O6/c1-27-11-8-12-28(2)36(27)43-37(47)32-26-41-39(42-30-13-9-14-31(25-30)50-21-10-20-45-18-6-5-7-19-45)44-38(32)51-33-16-15-29(23-34(33)49-4)24-35(46)40-17-22-48-3/h8-9,11-16,23,25-26H,5-7,10,17-22,24H2,1-4H3,(H,40,46)(H,43,47)(H,41,42,44). The Hall–Kier alpha value is -5.20. The molecule has 2 amide bonds. The van der Waals surface area contributed by atoms with E-state index in [1.54, 1.807) is 25.3 Å². The third-order valence-electron chi connectivity index (χ3n) is 8.57. The van der Waals surface area contributed by atoms with E-state index in [2.05, 4.69) is 30.8 Å². The van der Waals surface area contributed by atoms with Gasteiger partial charge in [-0.05, 0) is 87.2 Å². The molecule has 0 aliphatic carbocycles. The highest BCUT2D eigenvalue weighted by molar-refractivity contribution is 6.06. The summed E-state index contributed by atoms with van der Waals surface area (Å²) in [7, 11) is 3.09. The second-order valence-electron chi connectivity index (χ2n) is 12.5. The lowest BCUT2D eigenvalue weighted by molar-refractivity contribution is -0.120. The quantitative estimate of drug-likeness (QED) is 0.106. The summed E-state index contributed by atoms with van der Waals surface area (Å²) >= 11 is 0. The molecule has 1 aromatic heterocycles. The molecular formula is C39H48N6O6. The van der Waals surface area contributed by atoms with Gasteiger partial charge in [0.25, 0.3) is 5.91 Å². The highest BCUT2D eigenvalue weighted by atomic mass is 16.5. The monoisotopic (exact) mass is 696 g/mol. The molecule has 0 saturated carbocycles. The number of aromatic nitrogens is 2. The fraction of sp³-hybridized carbons (Fsp3) is 0.385. The molecular weight excluding hydrogens is 648 g/mol. The summed E-state index contributed by atoms with van der Waals surface area (Å²) in [5.41, 5.74) is 4.10. The fourth-order valence-corrected chi connectivity index (χ4v) is 5.86. The number of rotatable bonds is 17. The van der Waals surface area contributed by atoms with Crippen LogP contribution in [0.3, 0.4) is 0 Å². The molecule has 0 atom stereocenters. The zero-order valence-electron chi connectivity index (χ0n) is 29.9. The van der Waals surface area contributed by atoms with Gasteiger partial charge in [0, 0.05) is 43.8 Å². The second-order valence-corrected chi connectivity index (χ2v) is 12.5. The van der Waals surface area contributed by atoms with Crippen molar-refractivity contribution in [3.63, 3.8) is 0 Å². The summed E-state index contributed by atoms with van der Waals surface area (Å²) in [6.45, 7) is 8.71. The maximum atomic E-state index is 13.7. The molecule has 1 aliphatic heterocycles. The Morgan fingerprint density at radius 2 is 1.69 bits per heavy atom. The van der Waals surface area contributed by atoms with Gasteiger partial charge in [-0.2, -0.15) is 4.98 Å². The predicted octanol–water partition coefficient (Wildman–Crippen LogP) is 6.45. The van der Waals surface area contributed by atoms with E-state index in [0.717, 1.165) is 35.4 Å². The number of carbonyl (C=O) groups is 2. The van der Waals surface area contributed by atoms with Crippen LogP contribution in [0.1, 0.15) is 52.7 Å². The predicted molar refractivity (Wildman–Crippen MR) is 198 cm³/mol. The number of amides is 2. The van der Waals surface area contributed by atoms with Crippen LogP contribution in [0.4, 0.5) is 17.3 Å². The van der Waals surface area contributed by atoms with Gasteiger partial charge in [0.15, 0.2) is 11.5 Å². The van der Waals surface area contributed by atoms with Crippen molar-refractivity contribution < 1.29 is 28.5 Å². The number of likely N-dealkylation sites (tertiary alicyclic amines) is 1. The van der Waals surface area contributed by atoms with Gasteiger partial charge in [0.1, 0.15) is 11.3 Å². The summed E-state index contributed by atoms with van der Waals surface area (Å²) in [5, 5.41) is 9.03. The van der Waals surface area contributed by atoms with E-state index < -0.39 is 5.91 Å². The first-order chi connectivity index (χ1) is 24.8. The molecule has 1 saturated heterocycles. The van der Waals surface area contributed by atoms with Gasteiger partial charge in [-0.3, -0.25) is 9.59 Å². The zero-order valence-corrected chi connectivity index (χ0v) is 29.9. The molecule has 4 aromatic rings. The average Bonchev–Trinajstić information content (AvgIpc) is 3.13. The summed E-state index contributed by atoms with van der Waals surface area (Å²) in [6, 6.07) is 18.6. The molecule has 1 aliphatic rings. The lowest BCUT2D eigenvalue weighted by Crippen LogP contribution is -2.31. The smallest absolute Gasteiger partial charge is 0.262 e. The number of carbonyl (C=O) groups excluding carboxylic acids is 2. The van der Waals surface area contributed by atoms with Gasteiger partial charge in [0.05, 0.1) is 26.7 Å². The van der Waals surface area contributed by atoms with Crippen LogP contribution < -0.4 is 30.2 Å². The van der Waals surface area contributed by atoms with Crippen LogP contribution in [0.2, 0.25) is 0 Å². The van der Waals surface area contributed by atoms with Crippen molar-refractivity contribution in [1.82, 2.24) is 20.2 Å². The van der Waals surface area contributed by atoms with Crippen LogP contribution in [0, 0.1) is 13.8 Å². The molecule has 12 nitrogen and oxygen atoms in total. The molecule has 0 radical (unpaired) electrons. The Balaban J connectivity index is 1.34. The molecule has 3 aromatic carbocycles. The Kier molecular flexibility index (Phi) is 13.6. The Morgan fingerprint density at radius 3 is 2.45 bits per heavy atom. The van der Waals surface area contributed by atoms with Gasteiger partial charge in [-0.1, -0.05) is 36.8 Å². The number of aryl methyl sites for hydroxylation is 2. The number of hydrogen-bond donors (Lipinski definition) is 3. The summed E-state index contributed by atoms with van der Waals surface area (Å²) in [5.74, 6) is 1.08. The number of para-hydroxylation sites is 1. The number of ether oxygens (including phenoxy) is 4. The summed E-state index contributed by atoms with van der Waals surface area (Å²) in [6.07, 6.45) is 6.41. The van der Waals surface area contributed by atoms with Gasteiger partial charge >= 0.3 is 0 Å². The maximum Gasteiger partial charge on any atom is 0.262 e. The van der Waals surface area contributed by atoms with Crippen LogP contribution >= 0.6 is 0 Å². The fourth-order valence-electron chi connectivity index (χ4n) is 5.86. The maximum absolute atomic E-state index is 13.7. The van der Waals surface area contributed by atoms with Crippen LogP contribution in [-0.2, 0) is 16.0 Å². The van der Waals surface area contributed by atoms with Gasteiger partial charge in [0.2, 0.25) is 17.7 Å². The van der Waals surface area contributed by atoms with E-state index in [1.807, 2.05) is 56.3 Å². The van der Waals surface area contributed by atoms with Crippen molar-refractivity contribution in [2.45, 2.75) is 46.0 Å². The van der Waals surface area contributed by atoms with E-state index in [-0.39, 0.29) is 29.7 Å². The van der Waals surface area contributed by atoms with E-state index in [9.17, 15) is 9.59 Å². The van der Waals surface area contributed by atoms with Crippen molar-refractivity contribution in [2.75, 3.05) is 64.2 Å². The molecule has 0 bridgehead atoms. The molecule has 0 spiro atoms. The highest BCUT2D eigenvalue weighted by Crippen LogP contribution is 2.34. The number of hydrogen-bond acceptors (Lipinski definition) is 10. The van der Waals surface area contributed by atoms with E-state index in [0.29, 0.717) is 42.6 Å². The molecule has 12 heteroatoms. The normalized spacial score (nSPS) is 12.9. The number of benzene rings is 3. The van der Waals surface area contributed by atoms with Crippen LogP contribution in [0.15, 0.2) is 66.9 Å². The van der Waals surface area contributed by atoms with Crippen LogP contribution in [-0.4, -0.2) is 80.3 Å². The number of piperidine rings is 1. The molecule has 270 valence electrons. The molecule has 5 rings (SSSR count). The lowest BCUT2D eigenvalue weighted by Gasteiger charge is -2.26. The van der Waals surface area contributed by atoms with Crippen molar-refractivity contribution >= 4 is 29.1 Å². The minimum absolute atomic E-state index is 0.0183. The van der Waals surface area contributed by atoms with Gasteiger partial charge < -0.3 is 39.8 Å². The Labute approximate surface area is 299 Å². The van der Waals surface area contributed by atoms with Crippen LogP contribution in [0.5, 0.6) is 23.1 Å². The first-order valence-electron chi connectivity index (χ1n) is 17.4. The van der Waals surface area contributed by atoms with Crippen molar-refractivity contribution in [3.05, 3.63) is 89.1 Å². The van der Waals surface area contributed by atoms with Crippen molar-refractivity contribution in [1.29, 1.82) is 0 Å². The van der Waals surface area contributed by atoms with Gasteiger partial charge in [-0.25, -0.2) is 4.98 Å². The zero-order chi connectivity index (χ0) is 36.0. The van der Waals surface area contributed by atoms with Gasteiger partial charge in [-0.15, -0.1) is 0 Å². The van der Waals surface area contributed by atoms with Crippen LogP contribution in [0.25, 0.3) is 0 Å². The largest absolute Gasteiger partial charge is 0.493 e. The highest BCUT2D eigenvalue weighted by Gasteiger charge is 2.21. The van der Waals surface area contributed by atoms with Crippen molar-refractivity contribution in [3.8, 4) is 23.1 Å². The number of nitrogens with zero attached hydrogens (tertiary/aromatic N) is 3. The lowest BCUT2D eigenvalue weighted by atomic mass is 10.1. The van der Waals surface area contributed by atoms with E-state index in [1.165, 1.54) is 45.7 Å². The second kappa shape index (κ2) is 18.7. The number of methoxy groups -OCH3 is 2. The summed E-state index contributed by atoms with van der Waals surface area (Å²) in [4.78, 5) is 37.7. The Morgan fingerprint density at radius 1 is 0.902 bits per heavy atom. The number of nitrogens with one attached hydrogen (secondary N) is 3. The molecule has 2 heterocycles. The van der Waals surface area contributed by atoms with E-state index >= 15 is 0 Å². The van der Waals surface area contributed by atoms with E-state index in [4.69, 9.17) is 18.9 Å². The minimum atomic E-state index is -0.433. The Bertz CT molecular complexity index is 1760. The topological polar surface area (TPSA) is 136 Å². The third-order valence-corrected chi connectivity index (χ3v) is 8.57. The summed E-state index contributed by atoms with van der Waals surface area (Å²) < 4.78 is 23.0. The van der Waals surface area contributed by atoms with Crippen molar-refractivity contribution in [2.24, 2.45) is 0 Å². The minimum Gasteiger partial charge on any atom is -0.493 e.